The van der Waals surface area contributed by atoms with Crippen LogP contribution in [0.5, 0.6) is 0 Å². The lowest BCUT2D eigenvalue weighted by Crippen LogP contribution is -2.27. The summed E-state index contributed by atoms with van der Waals surface area (Å²) in [7, 11) is 0. The van der Waals surface area contributed by atoms with E-state index in [1.165, 1.54) is 6.20 Å². The lowest BCUT2D eigenvalue weighted by atomic mass is 10.5. The zero-order chi connectivity index (χ0) is 9.68. The molecule has 0 aliphatic heterocycles. The lowest BCUT2D eigenvalue weighted by molar-refractivity contribution is 0.302. The van der Waals surface area contributed by atoms with E-state index in [0.29, 0.717) is 17.5 Å². The van der Waals surface area contributed by atoms with Gasteiger partial charge in [-0.2, -0.15) is 0 Å². The Balaban J connectivity index is 2.78. The fraction of sp³-hybridized carbons (Fsp3) is 0.500. The van der Waals surface area contributed by atoms with E-state index >= 15 is 0 Å². The molecule has 5 heteroatoms. The maximum atomic E-state index is 8.78. The van der Waals surface area contributed by atoms with E-state index in [9.17, 15) is 0 Å². The molecule has 1 aromatic rings. The zero-order valence-corrected chi connectivity index (χ0v) is 8.20. The van der Waals surface area contributed by atoms with Crippen molar-refractivity contribution in [1.82, 2.24) is 9.97 Å². The second-order valence-corrected chi connectivity index (χ2v) is 2.89. The summed E-state index contributed by atoms with van der Waals surface area (Å²) in [5.74, 6) is 0.698. The molecule has 1 aromatic heterocycles. The van der Waals surface area contributed by atoms with Crippen molar-refractivity contribution < 1.29 is 5.11 Å². The van der Waals surface area contributed by atoms with Crippen molar-refractivity contribution in [2.45, 2.75) is 6.92 Å². The van der Waals surface area contributed by atoms with Crippen LogP contribution in [-0.2, 0) is 0 Å². The van der Waals surface area contributed by atoms with Crippen LogP contribution < -0.4 is 4.90 Å². The second kappa shape index (κ2) is 4.99. The third-order valence-electron chi connectivity index (χ3n) is 1.67. The monoisotopic (exact) mass is 201 g/mol. The van der Waals surface area contributed by atoms with Gasteiger partial charge in [0, 0.05) is 13.1 Å². The Labute approximate surface area is 82.2 Å². The summed E-state index contributed by atoms with van der Waals surface area (Å²) < 4.78 is 0. The van der Waals surface area contributed by atoms with Gasteiger partial charge in [-0.1, -0.05) is 11.6 Å². The van der Waals surface area contributed by atoms with Crippen LogP contribution in [0.15, 0.2) is 12.4 Å². The predicted molar refractivity (Wildman–Crippen MR) is 52.0 cm³/mol. The maximum Gasteiger partial charge on any atom is 0.149 e. The molecule has 0 saturated carbocycles. The van der Waals surface area contributed by atoms with E-state index in [1.807, 2.05) is 11.8 Å². The van der Waals surface area contributed by atoms with E-state index in [2.05, 4.69) is 9.97 Å². The molecule has 72 valence electrons. The van der Waals surface area contributed by atoms with Crippen LogP contribution in [0, 0.1) is 0 Å². The number of hydrogen-bond donors (Lipinski definition) is 1. The Morgan fingerprint density at radius 3 is 2.85 bits per heavy atom. The van der Waals surface area contributed by atoms with Gasteiger partial charge in [0.15, 0.2) is 0 Å². The number of nitrogens with zero attached hydrogens (tertiary/aromatic N) is 3. The van der Waals surface area contributed by atoms with Gasteiger partial charge in [-0.25, -0.2) is 4.98 Å². The Hall–Kier alpha value is -0.870. The fourth-order valence-electron chi connectivity index (χ4n) is 1.04. The molecule has 0 radical (unpaired) electrons. The van der Waals surface area contributed by atoms with Crippen molar-refractivity contribution in [2.75, 3.05) is 24.6 Å². The van der Waals surface area contributed by atoms with Crippen molar-refractivity contribution >= 4 is 17.4 Å². The molecule has 0 amide bonds. The molecule has 0 aliphatic rings. The maximum absolute atomic E-state index is 8.78. The van der Waals surface area contributed by atoms with Gasteiger partial charge in [0.1, 0.15) is 11.0 Å². The van der Waals surface area contributed by atoms with Crippen molar-refractivity contribution in [3.05, 3.63) is 17.5 Å². The molecule has 0 fully saturated rings. The number of halogens is 1. The highest BCUT2D eigenvalue weighted by molar-refractivity contribution is 6.29. The molecular weight excluding hydrogens is 190 g/mol. The minimum atomic E-state index is 0.0992. The van der Waals surface area contributed by atoms with Gasteiger partial charge in [-0.3, -0.25) is 4.98 Å². The summed E-state index contributed by atoms with van der Waals surface area (Å²) in [5, 5.41) is 9.14. The Morgan fingerprint density at radius 1 is 1.54 bits per heavy atom. The van der Waals surface area contributed by atoms with Crippen molar-refractivity contribution in [3.8, 4) is 0 Å². The predicted octanol–water partition coefficient (Wildman–Crippen LogP) is 0.949. The Bertz CT molecular complexity index is 269. The third kappa shape index (κ3) is 2.82. The SMILES string of the molecule is CCN(CCO)c1cncc(Cl)n1. The molecule has 0 atom stereocenters. The number of aliphatic hydroxyl groups is 1. The van der Waals surface area contributed by atoms with E-state index in [1.54, 1.807) is 6.20 Å². The van der Waals surface area contributed by atoms with E-state index in [0.717, 1.165) is 6.54 Å². The summed E-state index contributed by atoms with van der Waals surface area (Å²) in [6.07, 6.45) is 3.11. The number of anilines is 1. The van der Waals surface area contributed by atoms with Crippen LogP contribution >= 0.6 is 11.6 Å². The highest BCUT2D eigenvalue weighted by Gasteiger charge is 2.05. The fourth-order valence-corrected chi connectivity index (χ4v) is 1.18. The summed E-state index contributed by atoms with van der Waals surface area (Å²) in [6, 6.07) is 0. The van der Waals surface area contributed by atoms with E-state index in [-0.39, 0.29) is 6.61 Å². The van der Waals surface area contributed by atoms with Crippen LogP contribution in [0.2, 0.25) is 5.15 Å². The molecule has 0 spiro atoms. The number of likely N-dealkylation sites (N-methyl/N-ethyl adjacent to an activating group) is 1. The lowest BCUT2D eigenvalue weighted by Gasteiger charge is -2.19. The number of aliphatic hydroxyl groups excluding tert-OH is 1. The molecule has 1 heterocycles. The summed E-state index contributed by atoms with van der Waals surface area (Å²) in [5.41, 5.74) is 0. The van der Waals surface area contributed by atoms with Crippen LogP contribution in [0.1, 0.15) is 6.92 Å². The van der Waals surface area contributed by atoms with Gasteiger partial charge >= 0.3 is 0 Å². The zero-order valence-electron chi connectivity index (χ0n) is 7.44. The quantitative estimate of drug-likeness (QED) is 0.788. The van der Waals surface area contributed by atoms with Gasteiger partial charge < -0.3 is 10.0 Å². The topological polar surface area (TPSA) is 49.2 Å². The van der Waals surface area contributed by atoms with Gasteiger partial charge in [0.2, 0.25) is 0 Å². The first-order valence-electron chi connectivity index (χ1n) is 4.11. The number of rotatable bonds is 4. The summed E-state index contributed by atoms with van der Waals surface area (Å²) in [4.78, 5) is 9.90. The van der Waals surface area contributed by atoms with Gasteiger partial charge in [0.05, 0.1) is 19.0 Å². The van der Waals surface area contributed by atoms with Crippen molar-refractivity contribution in [1.29, 1.82) is 0 Å². The van der Waals surface area contributed by atoms with Gasteiger partial charge in [0.25, 0.3) is 0 Å². The highest BCUT2D eigenvalue weighted by atomic mass is 35.5. The molecule has 0 aliphatic carbocycles. The van der Waals surface area contributed by atoms with Crippen molar-refractivity contribution in [3.63, 3.8) is 0 Å². The largest absolute Gasteiger partial charge is 0.395 e. The van der Waals surface area contributed by atoms with E-state index in [4.69, 9.17) is 16.7 Å². The molecule has 0 saturated heterocycles. The smallest absolute Gasteiger partial charge is 0.149 e. The van der Waals surface area contributed by atoms with Crippen molar-refractivity contribution in [2.24, 2.45) is 0 Å². The molecule has 0 unspecified atom stereocenters. The summed E-state index contributed by atoms with van der Waals surface area (Å²) in [6.45, 7) is 3.40. The standard InChI is InChI=1S/C8H12ClN3O/c1-2-12(3-4-13)8-6-10-5-7(9)11-8/h5-6,13H,2-4H2,1H3. The average Bonchev–Trinajstić information content (AvgIpc) is 2.14. The molecule has 0 aromatic carbocycles. The molecule has 0 bridgehead atoms. The Morgan fingerprint density at radius 2 is 2.31 bits per heavy atom. The molecule has 4 nitrogen and oxygen atoms in total. The first-order valence-corrected chi connectivity index (χ1v) is 4.49. The highest BCUT2D eigenvalue weighted by Crippen LogP contribution is 2.11. The van der Waals surface area contributed by atoms with Crippen LogP contribution in [0.3, 0.4) is 0 Å². The first-order chi connectivity index (χ1) is 6.27. The van der Waals surface area contributed by atoms with Gasteiger partial charge in [-0.05, 0) is 6.92 Å². The summed E-state index contributed by atoms with van der Waals surface area (Å²) >= 11 is 5.68. The van der Waals surface area contributed by atoms with Crippen LogP contribution in [-0.4, -0.2) is 34.8 Å². The Kier molecular flexibility index (Phi) is 3.92. The molecule has 1 rings (SSSR count). The van der Waals surface area contributed by atoms with E-state index < -0.39 is 0 Å². The average molecular weight is 202 g/mol. The third-order valence-corrected chi connectivity index (χ3v) is 1.85. The second-order valence-electron chi connectivity index (χ2n) is 2.50. The normalized spacial score (nSPS) is 10.1. The first kappa shape index (κ1) is 10.2. The molecule has 1 N–H and O–H groups in total. The van der Waals surface area contributed by atoms with Crippen LogP contribution in [0.25, 0.3) is 0 Å². The molecular formula is C8H12ClN3O. The minimum Gasteiger partial charge on any atom is -0.395 e. The van der Waals surface area contributed by atoms with Gasteiger partial charge in [-0.15, -0.1) is 0 Å². The number of hydrogen-bond acceptors (Lipinski definition) is 4. The molecule has 13 heavy (non-hydrogen) atoms. The minimum absolute atomic E-state index is 0.0992. The van der Waals surface area contributed by atoms with Crippen LogP contribution in [0.4, 0.5) is 5.82 Å². The number of aromatic nitrogens is 2.